The number of H-pyrrole nitrogens is 1. The first-order chi connectivity index (χ1) is 18.9. The van der Waals surface area contributed by atoms with Gasteiger partial charge in [-0.05, 0) is 81.3 Å². The van der Waals surface area contributed by atoms with Gasteiger partial charge < -0.3 is 19.8 Å². The monoisotopic (exact) mass is 548 g/mol. The number of para-hydroxylation sites is 2. The molecule has 2 heterocycles. The van der Waals surface area contributed by atoms with E-state index in [0.29, 0.717) is 61.9 Å². The highest BCUT2D eigenvalue weighted by Gasteiger charge is 2.31. The molecule has 5 rings (SSSR count). The van der Waals surface area contributed by atoms with Crippen molar-refractivity contribution in [3.05, 3.63) is 78.1 Å². The quantitative estimate of drug-likeness (QED) is 0.298. The van der Waals surface area contributed by atoms with Crippen LogP contribution in [-0.2, 0) is 10.0 Å². The van der Waals surface area contributed by atoms with Crippen LogP contribution >= 0.6 is 0 Å². The summed E-state index contributed by atoms with van der Waals surface area (Å²) < 4.78 is 39.3. The second kappa shape index (κ2) is 11.5. The van der Waals surface area contributed by atoms with E-state index in [0.717, 1.165) is 16.9 Å². The van der Waals surface area contributed by atoms with Crippen LogP contribution in [0.4, 0.5) is 5.69 Å². The number of anilines is 1. The lowest BCUT2D eigenvalue weighted by atomic mass is 9.97. The van der Waals surface area contributed by atoms with E-state index in [1.165, 1.54) is 16.4 Å². The summed E-state index contributed by atoms with van der Waals surface area (Å²) in [6.45, 7) is 5.51. The number of benzene rings is 3. The molecule has 0 radical (unpaired) electrons. The third-order valence-electron chi connectivity index (χ3n) is 6.80. The molecule has 0 saturated carbocycles. The molecule has 39 heavy (non-hydrogen) atoms. The standard InChI is InChI=1S/C29H32N4O5S/c1-3-37-26-14-9-21(19-27(26)38-4-2)29(34)30-22-10-12-23(13-11-22)39(35,36)33-17-15-20(16-18-33)28-31-24-7-5-6-8-25(24)32-28/h5-14,19-20H,3-4,15-18H2,1-2H3,(H,30,34)(H,31,32). The lowest BCUT2D eigenvalue weighted by molar-refractivity contribution is 0.102. The molecule has 1 amide bonds. The van der Waals surface area contributed by atoms with Crippen molar-refractivity contribution >= 4 is 32.7 Å². The van der Waals surface area contributed by atoms with Crippen LogP contribution in [0.2, 0.25) is 0 Å². The van der Waals surface area contributed by atoms with Gasteiger partial charge in [0.05, 0.1) is 29.1 Å². The number of carbonyl (C=O) groups excluding carboxylic acids is 1. The Morgan fingerprint density at radius 1 is 0.974 bits per heavy atom. The summed E-state index contributed by atoms with van der Waals surface area (Å²) in [5.74, 6) is 1.84. The normalized spacial score (nSPS) is 14.8. The molecule has 1 saturated heterocycles. The summed E-state index contributed by atoms with van der Waals surface area (Å²) in [6.07, 6.45) is 1.39. The number of rotatable bonds is 9. The Labute approximate surface area is 228 Å². The number of amides is 1. The minimum atomic E-state index is -3.65. The number of sulfonamides is 1. The zero-order chi connectivity index (χ0) is 27.4. The molecule has 1 aromatic heterocycles. The number of hydrogen-bond donors (Lipinski definition) is 2. The van der Waals surface area contributed by atoms with Crippen molar-refractivity contribution in [2.75, 3.05) is 31.6 Å². The minimum Gasteiger partial charge on any atom is -0.490 e. The largest absolute Gasteiger partial charge is 0.490 e. The average Bonchev–Trinajstić information content (AvgIpc) is 3.39. The smallest absolute Gasteiger partial charge is 0.255 e. The second-order valence-electron chi connectivity index (χ2n) is 9.32. The Kier molecular flexibility index (Phi) is 7.85. The van der Waals surface area contributed by atoms with Gasteiger partial charge in [0.15, 0.2) is 11.5 Å². The predicted octanol–water partition coefficient (Wildman–Crippen LogP) is 5.18. The van der Waals surface area contributed by atoms with Gasteiger partial charge in [-0.15, -0.1) is 0 Å². The fourth-order valence-corrected chi connectivity index (χ4v) is 6.26. The predicted molar refractivity (Wildman–Crippen MR) is 150 cm³/mol. The van der Waals surface area contributed by atoms with Gasteiger partial charge in [-0.1, -0.05) is 12.1 Å². The van der Waals surface area contributed by atoms with Crippen LogP contribution in [0.25, 0.3) is 11.0 Å². The Bertz CT molecular complexity index is 1530. The number of ether oxygens (including phenoxy) is 2. The minimum absolute atomic E-state index is 0.187. The average molecular weight is 549 g/mol. The van der Waals surface area contributed by atoms with Crippen molar-refractivity contribution in [2.24, 2.45) is 0 Å². The SMILES string of the molecule is CCOc1ccc(C(=O)Nc2ccc(S(=O)(=O)N3CCC(c4nc5ccccc5[nH]4)CC3)cc2)cc1OCC. The van der Waals surface area contributed by atoms with Crippen LogP contribution < -0.4 is 14.8 Å². The molecule has 1 aliphatic rings. The molecule has 0 bridgehead atoms. The zero-order valence-corrected chi connectivity index (χ0v) is 22.8. The van der Waals surface area contributed by atoms with E-state index < -0.39 is 10.0 Å². The van der Waals surface area contributed by atoms with E-state index in [1.807, 2.05) is 38.1 Å². The fourth-order valence-electron chi connectivity index (χ4n) is 4.79. The van der Waals surface area contributed by atoms with Crippen LogP contribution in [0.3, 0.4) is 0 Å². The molecule has 0 spiro atoms. The molecule has 0 atom stereocenters. The first-order valence-electron chi connectivity index (χ1n) is 13.1. The number of nitrogens with zero attached hydrogens (tertiary/aromatic N) is 2. The summed E-state index contributed by atoms with van der Waals surface area (Å²) in [7, 11) is -3.65. The summed E-state index contributed by atoms with van der Waals surface area (Å²) in [6, 6.07) is 19.1. The van der Waals surface area contributed by atoms with Crippen molar-refractivity contribution in [3.63, 3.8) is 0 Å². The maximum Gasteiger partial charge on any atom is 0.255 e. The summed E-state index contributed by atoms with van der Waals surface area (Å²) in [5, 5.41) is 2.82. The number of carbonyl (C=O) groups is 1. The maximum absolute atomic E-state index is 13.3. The van der Waals surface area contributed by atoms with Crippen molar-refractivity contribution in [1.82, 2.24) is 14.3 Å². The first-order valence-corrected chi connectivity index (χ1v) is 14.6. The number of imidazole rings is 1. The molecule has 4 aromatic rings. The van der Waals surface area contributed by atoms with E-state index in [1.54, 1.807) is 30.3 Å². The van der Waals surface area contributed by atoms with Crippen LogP contribution in [0, 0.1) is 0 Å². The zero-order valence-electron chi connectivity index (χ0n) is 22.0. The number of fused-ring (bicyclic) bond motifs is 1. The number of piperidine rings is 1. The third kappa shape index (κ3) is 5.76. The number of hydrogen-bond acceptors (Lipinski definition) is 6. The highest BCUT2D eigenvalue weighted by atomic mass is 32.2. The van der Waals surface area contributed by atoms with Crippen molar-refractivity contribution in [3.8, 4) is 11.5 Å². The molecular weight excluding hydrogens is 516 g/mol. The lowest BCUT2D eigenvalue weighted by Crippen LogP contribution is -2.38. The Balaban J connectivity index is 1.22. The van der Waals surface area contributed by atoms with Gasteiger partial charge in [-0.3, -0.25) is 4.79 Å². The van der Waals surface area contributed by atoms with E-state index in [-0.39, 0.29) is 16.7 Å². The molecule has 9 nitrogen and oxygen atoms in total. The molecule has 0 aliphatic carbocycles. The maximum atomic E-state index is 13.3. The molecule has 1 fully saturated rings. The third-order valence-corrected chi connectivity index (χ3v) is 8.72. The topological polar surface area (TPSA) is 114 Å². The molecule has 10 heteroatoms. The van der Waals surface area contributed by atoms with Gasteiger partial charge in [0.25, 0.3) is 5.91 Å². The van der Waals surface area contributed by atoms with Crippen LogP contribution in [0.1, 0.15) is 48.8 Å². The van der Waals surface area contributed by atoms with Crippen molar-refractivity contribution in [2.45, 2.75) is 37.5 Å². The second-order valence-corrected chi connectivity index (χ2v) is 11.3. The fraction of sp³-hybridized carbons (Fsp3) is 0.310. The van der Waals surface area contributed by atoms with E-state index in [9.17, 15) is 13.2 Å². The van der Waals surface area contributed by atoms with Gasteiger partial charge in [-0.2, -0.15) is 4.31 Å². The number of nitrogens with one attached hydrogen (secondary N) is 2. The van der Waals surface area contributed by atoms with Crippen molar-refractivity contribution in [1.29, 1.82) is 0 Å². The molecule has 204 valence electrons. The first kappa shape index (κ1) is 26.7. The lowest BCUT2D eigenvalue weighted by Gasteiger charge is -2.30. The van der Waals surface area contributed by atoms with E-state index >= 15 is 0 Å². The van der Waals surface area contributed by atoms with Gasteiger partial charge in [-0.25, -0.2) is 13.4 Å². The summed E-state index contributed by atoms with van der Waals surface area (Å²) in [5.41, 5.74) is 2.82. The Hall–Kier alpha value is -3.89. The molecule has 1 aliphatic heterocycles. The Morgan fingerprint density at radius 3 is 2.36 bits per heavy atom. The van der Waals surface area contributed by atoms with Crippen LogP contribution in [0.15, 0.2) is 71.6 Å². The highest BCUT2D eigenvalue weighted by Crippen LogP contribution is 2.31. The van der Waals surface area contributed by atoms with Crippen molar-refractivity contribution < 1.29 is 22.7 Å². The molecular formula is C29H32N4O5S. The van der Waals surface area contributed by atoms with Crippen LogP contribution in [0.5, 0.6) is 11.5 Å². The van der Waals surface area contributed by atoms with Crippen LogP contribution in [-0.4, -0.2) is 54.9 Å². The highest BCUT2D eigenvalue weighted by molar-refractivity contribution is 7.89. The Morgan fingerprint density at radius 2 is 1.67 bits per heavy atom. The summed E-state index contributed by atoms with van der Waals surface area (Å²) >= 11 is 0. The number of aromatic nitrogens is 2. The van der Waals surface area contributed by atoms with Gasteiger partial charge in [0.1, 0.15) is 5.82 Å². The molecule has 0 unspecified atom stereocenters. The molecule has 2 N–H and O–H groups in total. The summed E-state index contributed by atoms with van der Waals surface area (Å²) in [4.78, 5) is 21.1. The molecule has 3 aromatic carbocycles. The number of aromatic amines is 1. The van der Waals surface area contributed by atoms with Gasteiger partial charge in [0, 0.05) is 30.3 Å². The van der Waals surface area contributed by atoms with Gasteiger partial charge >= 0.3 is 0 Å². The van der Waals surface area contributed by atoms with E-state index in [2.05, 4.69) is 10.3 Å². The van der Waals surface area contributed by atoms with E-state index in [4.69, 9.17) is 14.5 Å². The van der Waals surface area contributed by atoms with Gasteiger partial charge in [0.2, 0.25) is 10.0 Å².